The van der Waals surface area contributed by atoms with Gasteiger partial charge in [-0.25, -0.2) is 4.98 Å². The molecule has 0 amide bonds. The van der Waals surface area contributed by atoms with Crippen LogP contribution in [-0.2, 0) is 6.42 Å². The van der Waals surface area contributed by atoms with Crippen LogP contribution in [0.5, 0.6) is 0 Å². The second-order valence-electron chi connectivity index (χ2n) is 4.52. The third kappa shape index (κ3) is 2.95. The maximum absolute atomic E-state index is 5.45. The molecule has 1 heterocycles. The van der Waals surface area contributed by atoms with Gasteiger partial charge in [-0.15, -0.1) is 0 Å². The Labute approximate surface area is 83.5 Å². The highest BCUT2D eigenvalue weighted by Gasteiger charge is 2.21. The van der Waals surface area contributed by atoms with Crippen molar-refractivity contribution in [2.24, 2.45) is 11.3 Å². The van der Waals surface area contributed by atoms with Crippen LogP contribution in [0.25, 0.3) is 0 Å². The Morgan fingerprint density at radius 1 is 1.46 bits per heavy atom. The van der Waals surface area contributed by atoms with Crippen LogP contribution in [0.4, 0.5) is 5.95 Å². The second kappa shape index (κ2) is 3.62. The van der Waals surface area contributed by atoms with E-state index in [-0.39, 0.29) is 0 Å². The molecule has 3 nitrogen and oxygen atoms in total. The fourth-order valence-electron chi connectivity index (χ4n) is 0.919. The SMILES string of the molecule is CC(Cc1nc(N)ns1)C(C)(C)C. The summed E-state index contributed by atoms with van der Waals surface area (Å²) in [5.41, 5.74) is 5.77. The van der Waals surface area contributed by atoms with Gasteiger partial charge in [0.25, 0.3) is 0 Å². The van der Waals surface area contributed by atoms with Gasteiger partial charge in [-0.3, -0.25) is 0 Å². The molecule has 1 rings (SSSR count). The quantitative estimate of drug-likeness (QED) is 0.795. The molecule has 13 heavy (non-hydrogen) atoms. The minimum atomic E-state index is 0.320. The molecule has 0 aromatic carbocycles. The molecule has 4 heteroatoms. The van der Waals surface area contributed by atoms with Crippen molar-refractivity contribution in [1.29, 1.82) is 0 Å². The molecule has 0 saturated carbocycles. The van der Waals surface area contributed by atoms with Gasteiger partial charge in [0.1, 0.15) is 5.01 Å². The Hall–Kier alpha value is -0.640. The summed E-state index contributed by atoms with van der Waals surface area (Å²) < 4.78 is 3.96. The van der Waals surface area contributed by atoms with E-state index in [1.54, 1.807) is 0 Å². The minimum Gasteiger partial charge on any atom is -0.367 e. The first-order valence-corrected chi connectivity index (χ1v) is 5.25. The van der Waals surface area contributed by atoms with E-state index in [0.29, 0.717) is 17.3 Å². The lowest BCUT2D eigenvalue weighted by molar-refractivity contribution is 0.260. The standard InChI is InChI=1S/C9H17N3S/c1-6(9(2,3)4)5-7-11-8(10)12-13-7/h6H,5H2,1-4H3,(H2,10,12). The third-order valence-electron chi connectivity index (χ3n) is 2.44. The van der Waals surface area contributed by atoms with Crippen molar-refractivity contribution in [3.63, 3.8) is 0 Å². The van der Waals surface area contributed by atoms with Gasteiger partial charge in [0.05, 0.1) is 0 Å². The monoisotopic (exact) mass is 199 g/mol. The summed E-state index contributed by atoms with van der Waals surface area (Å²) in [6, 6.07) is 0. The van der Waals surface area contributed by atoms with Crippen LogP contribution in [0, 0.1) is 11.3 Å². The van der Waals surface area contributed by atoms with Gasteiger partial charge >= 0.3 is 0 Å². The number of nitrogens with zero attached hydrogens (tertiary/aromatic N) is 2. The molecule has 0 spiro atoms. The summed E-state index contributed by atoms with van der Waals surface area (Å²) in [6.07, 6.45) is 0.971. The van der Waals surface area contributed by atoms with Crippen molar-refractivity contribution in [2.75, 3.05) is 5.73 Å². The van der Waals surface area contributed by atoms with Crippen LogP contribution in [-0.4, -0.2) is 9.36 Å². The van der Waals surface area contributed by atoms with Gasteiger partial charge in [-0.1, -0.05) is 27.7 Å². The van der Waals surface area contributed by atoms with Crippen molar-refractivity contribution in [2.45, 2.75) is 34.1 Å². The molecule has 0 bridgehead atoms. The minimum absolute atomic E-state index is 0.320. The molecule has 1 aromatic rings. The van der Waals surface area contributed by atoms with Crippen molar-refractivity contribution in [1.82, 2.24) is 9.36 Å². The smallest absolute Gasteiger partial charge is 0.232 e. The normalized spacial score (nSPS) is 14.5. The zero-order chi connectivity index (χ0) is 10.1. The van der Waals surface area contributed by atoms with Crippen molar-refractivity contribution < 1.29 is 0 Å². The van der Waals surface area contributed by atoms with E-state index in [1.165, 1.54) is 11.5 Å². The predicted octanol–water partition coefficient (Wildman–Crippen LogP) is 2.35. The summed E-state index contributed by atoms with van der Waals surface area (Å²) in [5.74, 6) is 1.00. The Balaban J connectivity index is 2.60. The maximum Gasteiger partial charge on any atom is 0.232 e. The van der Waals surface area contributed by atoms with Gasteiger partial charge in [-0.05, 0) is 22.9 Å². The molecule has 1 unspecified atom stereocenters. The van der Waals surface area contributed by atoms with E-state index < -0.39 is 0 Å². The lowest BCUT2D eigenvalue weighted by Gasteiger charge is -2.26. The molecule has 1 aromatic heterocycles. The number of nitrogen functional groups attached to an aromatic ring is 1. The molecule has 74 valence electrons. The maximum atomic E-state index is 5.45. The van der Waals surface area contributed by atoms with E-state index in [0.717, 1.165) is 11.4 Å². The molecule has 0 saturated heterocycles. The average molecular weight is 199 g/mol. The zero-order valence-corrected chi connectivity index (χ0v) is 9.48. The van der Waals surface area contributed by atoms with E-state index in [2.05, 4.69) is 37.1 Å². The highest BCUT2D eigenvalue weighted by atomic mass is 32.1. The number of aromatic nitrogens is 2. The number of rotatable bonds is 2. The summed E-state index contributed by atoms with van der Waals surface area (Å²) in [4.78, 5) is 4.15. The summed E-state index contributed by atoms with van der Waals surface area (Å²) in [7, 11) is 0. The Kier molecular flexibility index (Phi) is 2.91. The fraction of sp³-hybridized carbons (Fsp3) is 0.778. The Bertz CT molecular complexity index is 275. The molecule has 1 atom stereocenters. The molecule has 0 radical (unpaired) electrons. The highest BCUT2D eigenvalue weighted by molar-refractivity contribution is 7.05. The van der Waals surface area contributed by atoms with E-state index in [9.17, 15) is 0 Å². The largest absolute Gasteiger partial charge is 0.367 e. The van der Waals surface area contributed by atoms with Crippen molar-refractivity contribution in [3.05, 3.63) is 5.01 Å². The van der Waals surface area contributed by atoms with Crippen molar-refractivity contribution in [3.8, 4) is 0 Å². The molecule has 0 aliphatic heterocycles. The first-order valence-electron chi connectivity index (χ1n) is 4.47. The van der Waals surface area contributed by atoms with Crippen molar-refractivity contribution >= 4 is 17.5 Å². The summed E-state index contributed by atoms with van der Waals surface area (Å²) in [6.45, 7) is 8.95. The summed E-state index contributed by atoms with van der Waals surface area (Å²) in [5, 5.41) is 1.04. The molecule has 0 aliphatic carbocycles. The number of nitrogens with two attached hydrogens (primary N) is 1. The Morgan fingerprint density at radius 2 is 2.08 bits per heavy atom. The fourth-order valence-corrected chi connectivity index (χ4v) is 1.62. The third-order valence-corrected chi connectivity index (χ3v) is 3.19. The molecule has 0 fully saturated rings. The zero-order valence-electron chi connectivity index (χ0n) is 8.66. The van der Waals surface area contributed by atoms with E-state index >= 15 is 0 Å². The first kappa shape index (κ1) is 10.4. The van der Waals surface area contributed by atoms with Gasteiger partial charge < -0.3 is 5.73 Å². The number of anilines is 1. The Morgan fingerprint density at radius 3 is 2.46 bits per heavy atom. The topological polar surface area (TPSA) is 51.8 Å². The lowest BCUT2D eigenvalue weighted by Crippen LogP contribution is -2.19. The van der Waals surface area contributed by atoms with Gasteiger partial charge in [0, 0.05) is 6.42 Å². The van der Waals surface area contributed by atoms with Crippen LogP contribution in [0.15, 0.2) is 0 Å². The number of hydrogen-bond donors (Lipinski definition) is 1. The van der Waals surface area contributed by atoms with Crippen LogP contribution in [0.1, 0.15) is 32.7 Å². The first-order chi connectivity index (χ1) is 5.89. The second-order valence-corrected chi connectivity index (χ2v) is 5.35. The van der Waals surface area contributed by atoms with Crippen LogP contribution >= 0.6 is 11.5 Å². The molecular formula is C9H17N3S. The molecule has 0 aliphatic rings. The highest BCUT2D eigenvalue weighted by Crippen LogP contribution is 2.28. The van der Waals surface area contributed by atoms with E-state index in [1.807, 2.05) is 0 Å². The average Bonchev–Trinajstić information content (AvgIpc) is 2.33. The van der Waals surface area contributed by atoms with Gasteiger partial charge in [-0.2, -0.15) is 4.37 Å². The van der Waals surface area contributed by atoms with Crippen LogP contribution in [0.2, 0.25) is 0 Å². The van der Waals surface area contributed by atoms with E-state index in [4.69, 9.17) is 5.73 Å². The van der Waals surface area contributed by atoms with Crippen LogP contribution < -0.4 is 5.73 Å². The van der Waals surface area contributed by atoms with Gasteiger partial charge in [0.2, 0.25) is 5.95 Å². The predicted molar refractivity (Wildman–Crippen MR) is 56.6 cm³/mol. The lowest BCUT2D eigenvalue weighted by atomic mass is 9.80. The van der Waals surface area contributed by atoms with Crippen LogP contribution in [0.3, 0.4) is 0 Å². The molecular weight excluding hydrogens is 182 g/mol. The van der Waals surface area contributed by atoms with Gasteiger partial charge in [0.15, 0.2) is 0 Å². The number of hydrogen-bond acceptors (Lipinski definition) is 4. The summed E-state index contributed by atoms with van der Waals surface area (Å²) >= 11 is 1.41. The molecule has 2 N–H and O–H groups in total.